The summed E-state index contributed by atoms with van der Waals surface area (Å²) in [4.78, 5) is 0. The summed E-state index contributed by atoms with van der Waals surface area (Å²) >= 11 is 0. The lowest BCUT2D eigenvalue weighted by molar-refractivity contribution is 0.123. The van der Waals surface area contributed by atoms with Crippen LogP contribution in [-0.4, -0.2) is 0 Å². The summed E-state index contributed by atoms with van der Waals surface area (Å²) in [6, 6.07) is 9.55. The van der Waals surface area contributed by atoms with Crippen molar-refractivity contribution in [2.24, 2.45) is 22.7 Å². The monoisotopic (exact) mass is 314 g/mol. The minimum absolute atomic E-state index is 0.422. The Morgan fingerprint density at radius 1 is 0.667 bits per heavy atom. The lowest BCUT2D eigenvalue weighted by Gasteiger charge is -2.48. The van der Waals surface area contributed by atoms with Gasteiger partial charge in [-0.05, 0) is 72.3 Å². The first kappa shape index (κ1) is 14.5. The van der Waals surface area contributed by atoms with Gasteiger partial charge in [-0.3, -0.25) is 0 Å². The molecule has 1 aromatic rings. The molecule has 5 rings (SSSR count). The molecule has 0 bridgehead atoms. The molecule has 0 radical (unpaired) electrons. The number of hydrogen-bond acceptors (Lipinski definition) is 0. The minimum atomic E-state index is 0.422. The maximum atomic E-state index is 2.46. The van der Waals surface area contributed by atoms with Gasteiger partial charge in [-0.1, -0.05) is 72.9 Å². The van der Waals surface area contributed by atoms with E-state index >= 15 is 0 Å². The van der Waals surface area contributed by atoms with E-state index in [2.05, 4.69) is 72.9 Å². The summed E-state index contributed by atoms with van der Waals surface area (Å²) < 4.78 is 0. The van der Waals surface area contributed by atoms with Crippen molar-refractivity contribution in [3.05, 3.63) is 84.0 Å². The Morgan fingerprint density at radius 2 is 1.12 bits per heavy atom. The molecular weight excluding hydrogens is 288 g/mol. The van der Waals surface area contributed by atoms with Crippen LogP contribution in [0.1, 0.15) is 36.8 Å². The molecule has 122 valence electrons. The molecule has 4 aliphatic carbocycles. The molecule has 4 atom stereocenters. The van der Waals surface area contributed by atoms with Gasteiger partial charge in [-0.25, -0.2) is 0 Å². The van der Waals surface area contributed by atoms with Gasteiger partial charge >= 0.3 is 0 Å². The van der Waals surface area contributed by atoms with E-state index in [9.17, 15) is 0 Å². The van der Waals surface area contributed by atoms with Crippen LogP contribution in [0.15, 0.2) is 72.9 Å². The average Bonchev–Trinajstić information content (AvgIpc) is 2.56. The molecular formula is C24H26. The molecule has 0 aliphatic heterocycles. The van der Waals surface area contributed by atoms with Crippen LogP contribution in [-0.2, 0) is 12.8 Å². The van der Waals surface area contributed by atoms with E-state index in [4.69, 9.17) is 0 Å². The fourth-order valence-corrected chi connectivity index (χ4v) is 5.34. The van der Waals surface area contributed by atoms with Gasteiger partial charge in [0.05, 0.1) is 0 Å². The highest BCUT2D eigenvalue weighted by Gasteiger charge is 2.45. The van der Waals surface area contributed by atoms with Crippen LogP contribution in [0, 0.1) is 22.7 Å². The van der Waals surface area contributed by atoms with Crippen molar-refractivity contribution in [3.8, 4) is 0 Å². The highest BCUT2D eigenvalue weighted by molar-refractivity contribution is 5.33. The summed E-state index contributed by atoms with van der Waals surface area (Å²) in [6.45, 7) is 0. The largest absolute Gasteiger partial charge is 0.0806 e. The third-order valence-electron chi connectivity index (χ3n) is 7.17. The fourth-order valence-electron chi connectivity index (χ4n) is 5.34. The smallest absolute Gasteiger partial charge is 0.00117 e. The number of rotatable bonds is 4. The molecule has 2 saturated carbocycles. The highest BCUT2D eigenvalue weighted by Crippen LogP contribution is 2.53. The van der Waals surface area contributed by atoms with E-state index in [0.29, 0.717) is 10.8 Å². The quantitative estimate of drug-likeness (QED) is 0.657. The van der Waals surface area contributed by atoms with Crippen molar-refractivity contribution in [1.29, 1.82) is 0 Å². The second kappa shape index (κ2) is 5.34. The van der Waals surface area contributed by atoms with E-state index in [0.717, 1.165) is 11.8 Å². The maximum Gasteiger partial charge on any atom is -0.00117 e. The number of fused-ring (bicyclic) bond motifs is 2. The van der Waals surface area contributed by atoms with E-state index in [1.165, 1.54) is 49.7 Å². The third-order valence-corrected chi connectivity index (χ3v) is 7.17. The van der Waals surface area contributed by atoms with Crippen molar-refractivity contribution >= 4 is 0 Å². The zero-order chi connectivity index (χ0) is 16.0. The first-order valence-corrected chi connectivity index (χ1v) is 9.58. The Hall–Kier alpha value is -1.82. The van der Waals surface area contributed by atoms with Gasteiger partial charge in [-0.2, -0.15) is 0 Å². The molecule has 0 heteroatoms. The summed E-state index contributed by atoms with van der Waals surface area (Å²) in [5.41, 5.74) is 3.85. The molecule has 0 aromatic heterocycles. The summed E-state index contributed by atoms with van der Waals surface area (Å²) in [5, 5.41) is 0. The molecule has 0 nitrogen and oxygen atoms in total. The second-order valence-corrected chi connectivity index (χ2v) is 8.41. The van der Waals surface area contributed by atoms with Crippen molar-refractivity contribution < 1.29 is 0 Å². The molecule has 0 spiro atoms. The standard InChI is InChI=1S/C24H26/c1-3-13-23(15-11-21(23)5-1)17-19-7-9-20(10-8-19)18-24-14-4-2-6-22(24)12-16-24/h1-10,13-14,21-22H,11-12,15-18H2. The third kappa shape index (κ3) is 2.19. The number of hydrogen-bond donors (Lipinski definition) is 0. The zero-order valence-corrected chi connectivity index (χ0v) is 14.3. The molecule has 4 aliphatic rings. The summed E-state index contributed by atoms with van der Waals surface area (Å²) in [6.07, 6.45) is 26.6. The van der Waals surface area contributed by atoms with Crippen LogP contribution in [0.4, 0.5) is 0 Å². The van der Waals surface area contributed by atoms with Gasteiger partial charge in [0.2, 0.25) is 0 Å². The van der Waals surface area contributed by atoms with Crippen molar-refractivity contribution in [2.75, 3.05) is 0 Å². The first-order chi connectivity index (χ1) is 11.8. The van der Waals surface area contributed by atoms with Gasteiger partial charge in [-0.15, -0.1) is 0 Å². The summed E-state index contributed by atoms with van der Waals surface area (Å²) in [7, 11) is 0. The average molecular weight is 314 g/mol. The second-order valence-electron chi connectivity index (χ2n) is 8.41. The van der Waals surface area contributed by atoms with Crippen LogP contribution < -0.4 is 0 Å². The predicted molar refractivity (Wildman–Crippen MR) is 101 cm³/mol. The highest BCUT2D eigenvalue weighted by atomic mass is 14.5. The Balaban J connectivity index is 1.30. The molecule has 4 unspecified atom stereocenters. The van der Waals surface area contributed by atoms with Gasteiger partial charge in [0.1, 0.15) is 0 Å². The topological polar surface area (TPSA) is 0 Å². The van der Waals surface area contributed by atoms with Crippen LogP contribution in [0.2, 0.25) is 0 Å². The molecule has 1 aromatic carbocycles. The Bertz CT molecular complexity index is 680. The van der Waals surface area contributed by atoms with Gasteiger partial charge < -0.3 is 0 Å². The Morgan fingerprint density at radius 3 is 1.46 bits per heavy atom. The maximum absolute atomic E-state index is 2.46. The summed E-state index contributed by atoms with van der Waals surface area (Å²) in [5.74, 6) is 1.55. The minimum Gasteiger partial charge on any atom is -0.0806 e. The van der Waals surface area contributed by atoms with Gasteiger partial charge in [0.25, 0.3) is 0 Å². The van der Waals surface area contributed by atoms with Gasteiger partial charge in [0, 0.05) is 0 Å². The fraction of sp³-hybridized carbons (Fsp3) is 0.417. The van der Waals surface area contributed by atoms with Crippen LogP contribution in [0.5, 0.6) is 0 Å². The van der Waals surface area contributed by atoms with E-state index in [-0.39, 0.29) is 0 Å². The molecule has 0 heterocycles. The van der Waals surface area contributed by atoms with Crippen molar-refractivity contribution in [3.63, 3.8) is 0 Å². The van der Waals surface area contributed by atoms with Crippen molar-refractivity contribution in [2.45, 2.75) is 38.5 Å². The SMILES string of the molecule is C1=CC2CCC2(Cc2ccc(CC34C=CC=CC3CC4)cc2)C=C1. The van der Waals surface area contributed by atoms with E-state index in [1.807, 2.05) is 0 Å². The predicted octanol–water partition coefficient (Wildman–Crippen LogP) is 5.82. The van der Waals surface area contributed by atoms with Crippen LogP contribution in [0.3, 0.4) is 0 Å². The first-order valence-electron chi connectivity index (χ1n) is 9.58. The van der Waals surface area contributed by atoms with Crippen molar-refractivity contribution in [1.82, 2.24) is 0 Å². The molecule has 0 N–H and O–H groups in total. The van der Waals surface area contributed by atoms with E-state index in [1.54, 1.807) is 0 Å². The zero-order valence-electron chi connectivity index (χ0n) is 14.3. The van der Waals surface area contributed by atoms with Crippen LogP contribution in [0.25, 0.3) is 0 Å². The number of benzene rings is 1. The normalized spacial score (nSPS) is 38.2. The Kier molecular flexibility index (Phi) is 3.23. The molecule has 2 fully saturated rings. The number of allylic oxidation sites excluding steroid dienone is 8. The Labute approximate surface area is 145 Å². The molecule has 0 amide bonds. The lowest BCUT2D eigenvalue weighted by Crippen LogP contribution is -2.40. The van der Waals surface area contributed by atoms with E-state index < -0.39 is 0 Å². The van der Waals surface area contributed by atoms with Crippen LogP contribution >= 0.6 is 0 Å². The van der Waals surface area contributed by atoms with Gasteiger partial charge in [0.15, 0.2) is 0 Å². The molecule has 24 heavy (non-hydrogen) atoms. The molecule has 0 saturated heterocycles. The lowest BCUT2D eigenvalue weighted by atomic mass is 9.55.